The van der Waals surface area contributed by atoms with Gasteiger partial charge in [0.2, 0.25) is 5.89 Å². The largest absolute Gasteiger partial charge is 0.444 e. The molecule has 0 unspecified atom stereocenters. The van der Waals surface area contributed by atoms with Gasteiger partial charge in [-0.15, -0.1) is 15.3 Å². The second-order valence-electron chi connectivity index (χ2n) is 10.1. The number of aromatic nitrogens is 6. The molecule has 1 aliphatic heterocycles. The summed E-state index contributed by atoms with van der Waals surface area (Å²) < 4.78 is 37.5. The Balaban J connectivity index is 1.20. The van der Waals surface area contributed by atoms with Crippen molar-refractivity contribution in [2.75, 3.05) is 31.1 Å². The van der Waals surface area contributed by atoms with Crippen molar-refractivity contribution < 1.29 is 22.7 Å². The van der Waals surface area contributed by atoms with Crippen LogP contribution >= 0.6 is 0 Å². The number of alkyl halides is 2. The van der Waals surface area contributed by atoms with Crippen LogP contribution in [-0.4, -0.2) is 72.9 Å². The van der Waals surface area contributed by atoms with Crippen molar-refractivity contribution in [1.82, 2.24) is 35.1 Å². The molecule has 5 rings (SSSR count). The zero-order valence-electron chi connectivity index (χ0n) is 21.8. The fourth-order valence-corrected chi connectivity index (χ4v) is 4.09. The number of amides is 1. The van der Waals surface area contributed by atoms with Crippen LogP contribution in [0, 0.1) is 0 Å². The minimum Gasteiger partial charge on any atom is -0.444 e. The van der Waals surface area contributed by atoms with Gasteiger partial charge < -0.3 is 19.0 Å². The van der Waals surface area contributed by atoms with Crippen LogP contribution in [-0.2, 0) is 11.3 Å². The second-order valence-corrected chi connectivity index (χ2v) is 10.1. The summed E-state index contributed by atoms with van der Waals surface area (Å²) in [4.78, 5) is 20.7. The molecular formula is C26H28F2N8O3. The molecule has 1 aliphatic rings. The number of benzene rings is 1. The van der Waals surface area contributed by atoms with Gasteiger partial charge in [0.25, 0.3) is 5.89 Å². The summed E-state index contributed by atoms with van der Waals surface area (Å²) in [6, 6.07) is 11.5. The maximum atomic E-state index is 12.7. The van der Waals surface area contributed by atoms with E-state index in [1.807, 2.05) is 45.2 Å². The molecule has 0 atom stereocenters. The number of carbonyl (C=O) groups excluding carboxylic acids is 1. The number of hydrogen-bond acceptors (Lipinski definition) is 9. The SMILES string of the molecule is CC(C)(C)OC(=O)N1CCN(c2cccc(-c3cn(Cc4ccc(-c5nnc(C(F)F)o5)cn4)nn3)c2)CC1. The van der Waals surface area contributed by atoms with Crippen molar-refractivity contribution in [1.29, 1.82) is 0 Å². The van der Waals surface area contributed by atoms with E-state index in [-0.39, 0.29) is 12.0 Å². The maximum absolute atomic E-state index is 12.7. The van der Waals surface area contributed by atoms with E-state index in [1.54, 1.807) is 21.7 Å². The van der Waals surface area contributed by atoms with E-state index in [0.717, 1.165) is 11.3 Å². The van der Waals surface area contributed by atoms with Crippen molar-refractivity contribution in [2.45, 2.75) is 39.3 Å². The molecule has 0 radical (unpaired) electrons. The Kier molecular flexibility index (Phi) is 7.22. The van der Waals surface area contributed by atoms with Gasteiger partial charge in [0.15, 0.2) is 0 Å². The van der Waals surface area contributed by atoms with Gasteiger partial charge in [-0.25, -0.2) is 9.48 Å². The molecule has 204 valence electrons. The number of pyridine rings is 1. The molecule has 39 heavy (non-hydrogen) atoms. The van der Waals surface area contributed by atoms with E-state index in [4.69, 9.17) is 9.15 Å². The van der Waals surface area contributed by atoms with Crippen LogP contribution in [0.1, 0.15) is 38.8 Å². The number of rotatable bonds is 6. The Morgan fingerprint density at radius 3 is 2.51 bits per heavy atom. The third-order valence-electron chi connectivity index (χ3n) is 6.00. The highest BCUT2D eigenvalue weighted by atomic mass is 19.3. The molecule has 1 fully saturated rings. The zero-order chi connectivity index (χ0) is 27.6. The highest BCUT2D eigenvalue weighted by molar-refractivity contribution is 5.69. The van der Waals surface area contributed by atoms with Crippen LogP contribution in [0.4, 0.5) is 19.3 Å². The maximum Gasteiger partial charge on any atom is 0.410 e. The number of ether oxygens (including phenoxy) is 1. The number of hydrogen-bond donors (Lipinski definition) is 0. The molecule has 0 bridgehead atoms. The first kappa shape index (κ1) is 26.2. The normalized spacial score (nSPS) is 14.2. The molecule has 1 aromatic carbocycles. The molecule has 13 heteroatoms. The Labute approximate surface area is 223 Å². The van der Waals surface area contributed by atoms with E-state index >= 15 is 0 Å². The fraction of sp³-hybridized carbons (Fsp3) is 0.385. The van der Waals surface area contributed by atoms with Gasteiger partial charge in [-0.05, 0) is 45.0 Å². The highest BCUT2D eigenvalue weighted by Crippen LogP contribution is 2.25. The fourth-order valence-electron chi connectivity index (χ4n) is 4.09. The quantitative estimate of drug-likeness (QED) is 0.351. The second kappa shape index (κ2) is 10.8. The molecule has 0 N–H and O–H groups in total. The molecule has 4 aromatic rings. The number of anilines is 1. The summed E-state index contributed by atoms with van der Waals surface area (Å²) in [6.07, 6.45) is 0.214. The van der Waals surface area contributed by atoms with Crippen LogP contribution in [0.15, 0.2) is 53.2 Å². The lowest BCUT2D eigenvalue weighted by Gasteiger charge is -2.36. The molecule has 0 spiro atoms. The molecule has 0 saturated carbocycles. The van der Waals surface area contributed by atoms with Gasteiger partial charge in [-0.3, -0.25) is 4.98 Å². The van der Waals surface area contributed by atoms with Crippen molar-refractivity contribution in [2.24, 2.45) is 0 Å². The predicted octanol–water partition coefficient (Wildman–Crippen LogP) is 4.43. The Morgan fingerprint density at radius 1 is 1.05 bits per heavy atom. The molecule has 4 heterocycles. The lowest BCUT2D eigenvalue weighted by atomic mass is 10.1. The van der Waals surface area contributed by atoms with Gasteiger partial charge in [-0.1, -0.05) is 17.3 Å². The number of piperazine rings is 1. The first-order valence-corrected chi connectivity index (χ1v) is 12.4. The summed E-state index contributed by atoms with van der Waals surface area (Å²) in [5.74, 6) is -0.741. The van der Waals surface area contributed by atoms with E-state index < -0.39 is 17.9 Å². The summed E-state index contributed by atoms with van der Waals surface area (Å²) in [5, 5.41) is 15.5. The Hall–Kier alpha value is -4.42. The monoisotopic (exact) mass is 538 g/mol. The molecular weight excluding hydrogens is 510 g/mol. The molecule has 1 amide bonds. The van der Waals surface area contributed by atoms with Crippen LogP contribution < -0.4 is 4.90 Å². The average Bonchev–Trinajstić information content (AvgIpc) is 3.59. The van der Waals surface area contributed by atoms with Crippen LogP contribution in [0.3, 0.4) is 0 Å². The smallest absolute Gasteiger partial charge is 0.410 e. The zero-order valence-corrected chi connectivity index (χ0v) is 21.8. The van der Waals surface area contributed by atoms with E-state index in [1.165, 1.54) is 6.20 Å². The van der Waals surface area contributed by atoms with Gasteiger partial charge >= 0.3 is 12.5 Å². The molecule has 11 nitrogen and oxygen atoms in total. The van der Waals surface area contributed by atoms with Crippen molar-refractivity contribution in [3.63, 3.8) is 0 Å². The number of carbonyl (C=O) groups is 1. The Bertz CT molecular complexity index is 1420. The Morgan fingerprint density at radius 2 is 1.85 bits per heavy atom. The minimum absolute atomic E-state index is 0.0153. The lowest BCUT2D eigenvalue weighted by molar-refractivity contribution is 0.0240. The summed E-state index contributed by atoms with van der Waals surface area (Å²) in [5.41, 5.74) is 3.30. The van der Waals surface area contributed by atoms with E-state index in [0.29, 0.717) is 49.7 Å². The number of halogens is 2. The van der Waals surface area contributed by atoms with Crippen molar-refractivity contribution >= 4 is 11.8 Å². The summed E-state index contributed by atoms with van der Waals surface area (Å²) >= 11 is 0. The van der Waals surface area contributed by atoms with Crippen molar-refractivity contribution in [3.05, 3.63) is 60.4 Å². The van der Waals surface area contributed by atoms with E-state index in [9.17, 15) is 13.6 Å². The lowest BCUT2D eigenvalue weighted by Crippen LogP contribution is -2.50. The predicted molar refractivity (Wildman–Crippen MR) is 137 cm³/mol. The van der Waals surface area contributed by atoms with Crippen LogP contribution in [0.5, 0.6) is 0 Å². The minimum atomic E-state index is -2.82. The standard InChI is InChI=1S/C26H28F2N8O3/c1-26(2,3)39-25(37)35-11-9-34(10-12-35)20-6-4-5-17(13-20)21-16-36(33-30-21)15-19-8-7-18(14-29-19)23-31-32-24(38-23)22(27)28/h4-8,13-14,16,22H,9-12,15H2,1-3H3. The van der Waals surface area contributed by atoms with Crippen LogP contribution in [0.25, 0.3) is 22.7 Å². The number of nitrogens with zero attached hydrogens (tertiary/aromatic N) is 8. The first-order valence-electron chi connectivity index (χ1n) is 12.4. The third kappa shape index (κ3) is 6.36. The first-order chi connectivity index (χ1) is 18.6. The summed E-state index contributed by atoms with van der Waals surface area (Å²) in [7, 11) is 0. The summed E-state index contributed by atoms with van der Waals surface area (Å²) in [6.45, 7) is 8.52. The average molecular weight is 539 g/mol. The third-order valence-corrected chi connectivity index (χ3v) is 6.00. The van der Waals surface area contributed by atoms with Gasteiger partial charge in [0.05, 0.1) is 24.0 Å². The highest BCUT2D eigenvalue weighted by Gasteiger charge is 2.26. The molecule has 3 aromatic heterocycles. The van der Waals surface area contributed by atoms with Crippen LogP contribution in [0.2, 0.25) is 0 Å². The van der Waals surface area contributed by atoms with E-state index in [2.05, 4.69) is 36.5 Å². The topological polar surface area (TPSA) is 115 Å². The van der Waals surface area contributed by atoms with Gasteiger partial charge in [0, 0.05) is 43.6 Å². The molecule has 0 aliphatic carbocycles. The van der Waals surface area contributed by atoms with Gasteiger partial charge in [-0.2, -0.15) is 8.78 Å². The van der Waals surface area contributed by atoms with Crippen molar-refractivity contribution in [3.8, 4) is 22.7 Å². The van der Waals surface area contributed by atoms with Gasteiger partial charge in [0.1, 0.15) is 11.3 Å². The molecule has 1 saturated heterocycles.